The van der Waals surface area contributed by atoms with E-state index in [0.29, 0.717) is 5.69 Å². The molecule has 1 amide bonds. The largest absolute Gasteiger partial charge is 0.319 e. The van der Waals surface area contributed by atoms with Gasteiger partial charge in [-0.3, -0.25) is 9.52 Å². The average Bonchev–Trinajstić information content (AvgIpc) is 2.66. The summed E-state index contributed by atoms with van der Waals surface area (Å²) >= 11 is 6.10. The lowest BCUT2D eigenvalue weighted by atomic mass is 10.1. The summed E-state index contributed by atoms with van der Waals surface area (Å²) in [7, 11) is -4.06. The molecule has 0 aliphatic carbocycles. The number of halogens is 2. The molecule has 0 saturated carbocycles. The highest BCUT2D eigenvalue weighted by Gasteiger charge is 2.21. The van der Waals surface area contributed by atoms with E-state index in [1.807, 2.05) is 13.0 Å². The van der Waals surface area contributed by atoms with E-state index in [9.17, 15) is 17.6 Å². The Kier molecular flexibility index (Phi) is 5.91. The van der Waals surface area contributed by atoms with E-state index >= 15 is 0 Å². The fourth-order valence-corrected chi connectivity index (χ4v) is 4.30. The molecule has 0 spiro atoms. The second-order valence-corrected chi connectivity index (χ2v) is 8.56. The van der Waals surface area contributed by atoms with Gasteiger partial charge in [0, 0.05) is 5.56 Å². The van der Waals surface area contributed by atoms with Crippen LogP contribution in [0.4, 0.5) is 15.8 Å². The minimum Gasteiger partial charge on any atom is -0.319 e. The number of aryl methyl sites for hydroxylation is 2. The van der Waals surface area contributed by atoms with Crippen LogP contribution in [0.1, 0.15) is 21.5 Å². The molecule has 2 N–H and O–H groups in total. The van der Waals surface area contributed by atoms with Gasteiger partial charge < -0.3 is 5.32 Å². The summed E-state index contributed by atoms with van der Waals surface area (Å²) in [5.74, 6) is -1.26. The molecule has 150 valence electrons. The van der Waals surface area contributed by atoms with Gasteiger partial charge in [0.2, 0.25) is 0 Å². The van der Waals surface area contributed by atoms with Gasteiger partial charge in [-0.25, -0.2) is 12.8 Å². The van der Waals surface area contributed by atoms with E-state index in [4.69, 9.17) is 11.6 Å². The lowest BCUT2D eigenvalue weighted by Gasteiger charge is -2.13. The molecule has 3 rings (SSSR count). The molecular formula is C21H18ClFN2O3S. The molecule has 0 bridgehead atoms. The fourth-order valence-electron chi connectivity index (χ4n) is 2.65. The Hall–Kier alpha value is -2.90. The molecule has 0 atom stereocenters. The number of para-hydroxylation sites is 1. The zero-order valence-electron chi connectivity index (χ0n) is 15.7. The minimum absolute atomic E-state index is 0.00892. The first-order valence-electron chi connectivity index (χ1n) is 8.63. The van der Waals surface area contributed by atoms with Crippen molar-refractivity contribution in [2.45, 2.75) is 18.7 Å². The molecule has 0 aliphatic heterocycles. The molecule has 0 fully saturated rings. The summed E-state index contributed by atoms with van der Waals surface area (Å²) < 4.78 is 42.0. The van der Waals surface area contributed by atoms with Crippen molar-refractivity contribution in [1.29, 1.82) is 0 Å². The third-order valence-corrected chi connectivity index (χ3v) is 6.09. The van der Waals surface area contributed by atoms with Gasteiger partial charge in [-0.1, -0.05) is 35.9 Å². The smallest absolute Gasteiger partial charge is 0.263 e. The molecule has 8 heteroatoms. The maximum atomic E-state index is 13.8. The minimum atomic E-state index is -4.06. The first-order valence-corrected chi connectivity index (χ1v) is 10.5. The molecule has 0 saturated heterocycles. The zero-order valence-corrected chi connectivity index (χ0v) is 17.2. The van der Waals surface area contributed by atoms with Crippen LogP contribution in [0.15, 0.2) is 65.6 Å². The Morgan fingerprint density at radius 1 is 0.966 bits per heavy atom. The van der Waals surface area contributed by atoms with Crippen molar-refractivity contribution < 1.29 is 17.6 Å². The van der Waals surface area contributed by atoms with Crippen LogP contribution in [-0.4, -0.2) is 14.3 Å². The maximum Gasteiger partial charge on any atom is 0.263 e. The van der Waals surface area contributed by atoms with Crippen LogP contribution in [-0.2, 0) is 10.0 Å². The summed E-state index contributed by atoms with van der Waals surface area (Å²) in [5, 5.41) is 2.38. The number of hydrogen-bond donors (Lipinski definition) is 2. The van der Waals surface area contributed by atoms with Crippen LogP contribution >= 0.6 is 11.6 Å². The highest BCUT2D eigenvalue weighted by atomic mass is 35.5. The van der Waals surface area contributed by atoms with Crippen LogP contribution in [0, 0.1) is 19.7 Å². The van der Waals surface area contributed by atoms with Crippen LogP contribution in [0.25, 0.3) is 0 Å². The van der Waals surface area contributed by atoms with Gasteiger partial charge in [-0.2, -0.15) is 0 Å². The molecule has 0 aromatic heterocycles. The number of amides is 1. The number of benzene rings is 3. The molecular weight excluding hydrogens is 415 g/mol. The molecule has 0 aliphatic rings. The maximum absolute atomic E-state index is 13.8. The first-order chi connectivity index (χ1) is 13.7. The van der Waals surface area contributed by atoms with Gasteiger partial charge >= 0.3 is 0 Å². The van der Waals surface area contributed by atoms with E-state index in [-0.39, 0.29) is 21.2 Å². The van der Waals surface area contributed by atoms with Gasteiger partial charge in [-0.05, 0) is 61.4 Å². The number of sulfonamides is 1. The number of carbonyl (C=O) groups is 1. The van der Waals surface area contributed by atoms with Crippen LogP contribution in [0.2, 0.25) is 5.02 Å². The van der Waals surface area contributed by atoms with Crippen molar-refractivity contribution in [3.05, 3.63) is 88.2 Å². The normalized spacial score (nSPS) is 11.2. The van der Waals surface area contributed by atoms with Crippen LogP contribution in [0.3, 0.4) is 0 Å². The van der Waals surface area contributed by atoms with Crippen molar-refractivity contribution in [2.75, 3.05) is 10.0 Å². The highest BCUT2D eigenvalue weighted by Crippen LogP contribution is 2.27. The number of rotatable bonds is 5. The summed E-state index contributed by atoms with van der Waals surface area (Å²) in [6, 6.07) is 14.9. The van der Waals surface area contributed by atoms with Gasteiger partial charge in [0.05, 0.1) is 16.4 Å². The summed E-state index contributed by atoms with van der Waals surface area (Å²) in [4.78, 5) is 12.2. The second kappa shape index (κ2) is 8.23. The van der Waals surface area contributed by atoms with Gasteiger partial charge in [0.15, 0.2) is 0 Å². The average molecular weight is 433 g/mol. The third-order valence-electron chi connectivity index (χ3n) is 4.24. The van der Waals surface area contributed by atoms with Crippen molar-refractivity contribution >= 4 is 38.9 Å². The van der Waals surface area contributed by atoms with Crippen molar-refractivity contribution in [2.24, 2.45) is 0 Å². The molecule has 3 aromatic rings. The Morgan fingerprint density at radius 2 is 1.69 bits per heavy atom. The molecule has 0 unspecified atom stereocenters. The predicted octanol–water partition coefficient (Wildman–Crippen LogP) is 5.15. The Balaban J connectivity index is 1.93. The lowest BCUT2D eigenvalue weighted by molar-refractivity contribution is 0.102. The van der Waals surface area contributed by atoms with Gasteiger partial charge in [0.1, 0.15) is 10.7 Å². The molecule has 29 heavy (non-hydrogen) atoms. The summed E-state index contributed by atoms with van der Waals surface area (Å²) in [6.07, 6.45) is 0. The fraction of sp³-hybridized carbons (Fsp3) is 0.0952. The van der Waals surface area contributed by atoms with E-state index < -0.39 is 21.7 Å². The molecule has 0 radical (unpaired) electrons. The van der Waals surface area contributed by atoms with Crippen molar-refractivity contribution in [3.63, 3.8) is 0 Å². The number of nitrogens with one attached hydrogen (secondary N) is 2. The topological polar surface area (TPSA) is 75.3 Å². The van der Waals surface area contributed by atoms with E-state index in [0.717, 1.165) is 17.2 Å². The first kappa shape index (κ1) is 20.8. The van der Waals surface area contributed by atoms with Crippen LogP contribution in [0.5, 0.6) is 0 Å². The molecule has 0 heterocycles. The monoisotopic (exact) mass is 432 g/mol. The van der Waals surface area contributed by atoms with Crippen LogP contribution < -0.4 is 10.0 Å². The number of hydrogen-bond acceptors (Lipinski definition) is 3. The Bertz CT molecular complexity index is 1200. The number of anilines is 2. The van der Waals surface area contributed by atoms with E-state index in [1.54, 1.807) is 25.1 Å². The standard InChI is InChI=1S/C21H18ClFN2O3S/c1-13-7-8-14(2)19(11-13)25-29(27,28)20-12-15(9-10-16(20)22)21(26)24-18-6-4-3-5-17(18)23/h3-12,25H,1-2H3,(H,24,26). The van der Waals surface area contributed by atoms with Crippen molar-refractivity contribution in [1.82, 2.24) is 0 Å². The summed E-state index contributed by atoms with van der Waals surface area (Å²) in [5.41, 5.74) is 2.06. The SMILES string of the molecule is Cc1ccc(C)c(NS(=O)(=O)c2cc(C(=O)Nc3ccccc3F)ccc2Cl)c1. The second-order valence-electron chi connectivity index (χ2n) is 6.50. The van der Waals surface area contributed by atoms with Crippen molar-refractivity contribution in [3.8, 4) is 0 Å². The Labute approximate surface area is 173 Å². The summed E-state index contributed by atoms with van der Waals surface area (Å²) in [6.45, 7) is 3.62. The predicted molar refractivity (Wildman–Crippen MR) is 113 cm³/mol. The highest BCUT2D eigenvalue weighted by molar-refractivity contribution is 7.92. The quantitative estimate of drug-likeness (QED) is 0.585. The van der Waals surface area contributed by atoms with Gasteiger partial charge in [-0.15, -0.1) is 0 Å². The van der Waals surface area contributed by atoms with Gasteiger partial charge in [0.25, 0.3) is 15.9 Å². The van der Waals surface area contributed by atoms with E-state index in [2.05, 4.69) is 10.0 Å². The molecule has 3 aromatic carbocycles. The molecule has 5 nitrogen and oxygen atoms in total. The Morgan fingerprint density at radius 3 is 2.41 bits per heavy atom. The third kappa shape index (κ3) is 4.75. The van der Waals surface area contributed by atoms with E-state index in [1.165, 1.54) is 30.3 Å². The number of carbonyl (C=O) groups excluding carboxylic acids is 1. The lowest BCUT2D eigenvalue weighted by Crippen LogP contribution is -2.17. The zero-order chi connectivity index (χ0) is 21.2.